The number of ether oxygens (including phenoxy) is 1. The summed E-state index contributed by atoms with van der Waals surface area (Å²) in [5.41, 5.74) is 3.36. The molecule has 1 aromatic carbocycles. The molecule has 29 heavy (non-hydrogen) atoms. The Morgan fingerprint density at radius 2 is 1.97 bits per heavy atom. The highest BCUT2D eigenvalue weighted by Crippen LogP contribution is 2.32. The van der Waals surface area contributed by atoms with Crippen LogP contribution in [-0.4, -0.2) is 47.6 Å². The number of nitrogens with one attached hydrogen (secondary N) is 1. The van der Waals surface area contributed by atoms with Crippen LogP contribution in [0.15, 0.2) is 24.3 Å². The van der Waals surface area contributed by atoms with E-state index in [2.05, 4.69) is 48.3 Å². The molecule has 2 atom stereocenters. The van der Waals surface area contributed by atoms with Crippen molar-refractivity contribution in [3.05, 3.63) is 40.4 Å². The normalized spacial score (nSPS) is 22.0. The van der Waals surface area contributed by atoms with Gasteiger partial charge in [-0.1, -0.05) is 42.7 Å². The Bertz CT molecular complexity index is 842. The maximum absolute atomic E-state index is 13.1. The monoisotopic (exact) mass is 413 g/mol. The second-order valence-electron chi connectivity index (χ2n) is 8.33. The molecule has 1 saturated carbocycles. The summed E-state index contributed by atoms with van der Waals surface area (Å²) in [7, 11) is 0. The Morgan fingerprint density at radius 3 is 2.69 bits per heavy atom. The number of aryl methyl sites for hydroxylation is 2. The van der Waals surface area contributed by atoms with Gasteiger partial charge in [-0.2, -0.15) is 0 Å². The number of hydrogen-bond donors (Lipinski definition) is 1. The molecule has 1 aromatic heterocycles. The third kappa shape index (κ3) is 4.55. The average molecular weight is 414 g/mol. The molecule has 1 saturated heterocycles. The van der Waals surface area contributed by atoms with Gasteiger partial charge in [0.15, 0.2) is 0 Å². The van der Waals surface area contributed by atoms with Crippen molar-refractivity contribution >= 4 is 17.2 Å². The van der Waals surface area contributed by atoms with Crippen molar-refractivity contribution < 1.29 is 9.53 Å². The van der Waals surface area contributed by atoms with Crippen molar-refractivity contribution in [3.63, 3.8) is 0 Å². The smallest absolute Gasteiger partial charge is 0.240 e. The maximum Gasteiger partial charge on any atom is 0.240 e. The van der Waals surface area contributed by atoms with Crippen LogP contribution >= 0.6 is 11.3 Å². The summed E-state index contributed by atoms with van der Waals surface area (Å²) < 4.78 is 5.66. The molecule has 0 unspecified atom stereocenters. The zero-order valence-electron chi connectivity index (χ0n) is 17.6. The van der Waals surface area contributed by atoms with Gasteiger partial charge in [-0.3, -0.25) is 9.69 Å². The fraction of sp³-hybridized carbons (Fsp3) is 0.565. The van der Waals surface area contributed by atoms with Crippen molar-refractivity contribution in [2.24, 2.45) is 0 Å². The molecule has 0 radical (unpaired) electrons. The lowest BCUT2D eigenvalue weighted by atomic mass is 10.1. The molecule has 2 aromatic rings. The summed E-state index contributed by atoms with van der Waals surface area (Å²) in [5.74, 6) is 0.0776. The topological polar surface area (TPSA) is 54.5 Å². The van der Waals surface area contributed by atoms with Gasteiger partial charge in [0.25, 0.3) is 0 Å². The van der Waals surface area contributed by atoms with Gasteiger partial charge >= 0.3 is 0 Å². The summed E-state index contributed by atoms with van der Waals surface area (Å²) in [5, 5.41) is 4.25. The van der Waals surface area contributed by atoms with Gasteiger partial charge in [0.2, 0.25) is 5.91 Å². The number of carbonyl (C=O) groups is 1. The van der Waals surface area contributed by atoms with E-state index in [1.807, 2.05) is 6.92 Å². The number of amides is 1. The fourth-order valence-electron chi connectivity index (χ4n) is 4.52. The molecule has 2 aliphatic rings. The van der Waals surface area contributed by atoms with Crippen LogP contribution in [0.4, 0.5) is 0 Å². The SMILES string of the molecule is Cc1ccc(-c2nc(C)c([C@H](C)NC(=O)[C@@H]3COCCN3C3CCCC3)s2)cc1. The number of rotatable bonds is 5. The molecule has 0 spiro atoms. The predicted molar refractivity (Wildman–Crippen MR) is 117 cm³/mol. The number of carbonyl (C=O) groups excluding carboxylic acids is 1. The summed E-state index contributed by atoms with van der Waals surface area (Å²) >= 11 is 1.67. The quantitative estimate of drug-likeness (QED) is 0.796. The molecule has 1 amide bonds. The second kappa shape index (κ2) is 8.94. The van der Waals surface area contributed by atoms with Crippen molar-refractivity contribution in [2.45, 2.75) is 64.6 Å². The number of aromatic nitrogens is 1. The van der Waals surface area contributed by atoms with E-state index >= 15 is 0 Å². The molecule has 2 fully saturated rings. The lowest BCUT2D eigenvalue weighted by Gasteiger charge is -2.39. The minimum atomic E-state index is -0.181. The highest BCUT2D eigenvalue weighted by Gasteiger charge is 2.36. The van der Waals surface area contributed by atoms with E-state index in [0.29, 0.717) is 12.6 Å². The summed E-state index contributed by atoms with van der Waals surface area (Å²) in [6.45, 7) is 8.24. The Balaban J connectivity index is 1.46. The van der Waals surface area contributed by atoms with E-state index in [1.165, 1.54) is 31.2 Å². The van der Waals surface area contributed by atoms with Gasteiger partial charge in [0, 0.05) is 18.2 Å². The van der Waals surface area contributed by atoms with E-state index in [1.54, 1.807) is 11.3 Å². The van der Waals surface area contributed by atoms with Gasteiger partial charge < -0.3 is 10.1 Å². The number of morpholine rings is 1. The Kier molecular flexibility index (Phi) is 6.32. The molecule has 4 rings (SSSR count). The van der Waals surface area contributed by atoms with E-state index < -0.39 is 0 Å². The molecule has 156 valence electrons. The zero-order chi connectivity index (χ0) is 20.4. The molecule has 5 nitrogen and oxygen atoms in total. The van der Waals surface area contributed by atoms with E-state index in [0.717, 1.165) is 34.3 Å². The molecule has 0 bridgehead atoms. The van der Waals surface area contributed by atoms with Crippen LogP contribution in [0.2, 0.25) is 0 Å². The van der Waals surface area contributed by atoms with E-state index in [9.17, 15) is 4.79 Å². The zero-order valence-corrected chi connectivity index (χ0v) is 18.4. The van der Waals surface area contributed by atoms with Crippen LogP contribution in [0.5, 0.6) is 0 Å². The Labute approximate surface area is 177 Å². The first-order valence-electron chi connectivity index (χ1n) is 10.7. The highest BCUT2D eigenvalue weighted by atomic mass is 32.1. The summed E-state index contributed by atoms with van der Waals surface area (Å²) in [6, 6.07) is 8.72. The summed E-state index contributed by atoms with van der Waals surface area (Å²) in [6.07, 6.45) is 4.95. The van der Waals surface area contributed by atoms with Crippen molar-refractivity contribution in [3.8, 4) is 10.6 Å². The summed E-state index contributed by atoms with van der Waals surface area (Å²) in [4.78, 5) is 21.4. The third-order valence-electron chi connectivity index (χ3n) is 6.15. The van der Waals surface area contributed by atoms with Crippen LogP contribution in [0.25, 0.3) is 10.6 Å². The van der Waals surface area contributed by atoms with Gasteiger partial charge in [-0.15, -0.1) is 11.3 Å². The largest absolute Gasteiger partial charge is 0.378 e. The minimum Gasteiger partial charge on any atom is -0.378 e. The lowest BCUT2D eigenvalue weighted by molar-refractivity contribution is -0.135. The molecular formula is C23H31N3O2S. The van der Waals surface area contributed by atoms with Crippen LogP contribution in [0.1, 0.15) is 54.8 Å². The first kappa shape index (κ1) is 20.5. The number of hydrogen-bond acceptors (Lipinski definition) is 5. The highest BCUT2D eigenvalue weighted by molar-refractivity contribution is 7.15. The van der Waals surface area contributed by atoms with E-state index in [4.69, 9.17) is 9.72 Å². The lowest BCUT2D eigenvalue weighted by Crippen LogP contribution is -2.56. The second-order valence-corrected chi connectivity index (χ2v) is 9.36. The average Bonchev–Trinajstić information content (AvgIpc) is 3.38. The standard InChI is InChI=1S/C23H31N3O2S/c1-15-8-10-18(11-9-15)23-25-17(3)21(29-23)16(2)24-22(27)20-14-28-13-12-26(20)19-6-4-5-7-19/h8-11,16,19-20H,4-7,12-14H2,1-3H3,(H,24,27)/t16-,20-/m0/s1. The fourth-order valence-corrected chi connectivity index (χ4v) is 5.59. The predicted octanol–water partition coefficient (Wildman–Crippen LogP) is 4.25. The molecule has 6 heteroatoms. The first-order valence-corrected chi connectivity index (χ1v) is 11.5. The molecular weight excluding hydrogens is 382 g/mol. The van der Waals surface area contributed by atoms with Gasteiger partial charge in [-0.05, 0) is 33.6 Å². The number of benzene rings is 1. The van der Waals surface area contributed by atoms with Gasteiger partial charge in [-0.25, -0.2) is 4.98 Å². The van der Waals surface area contributed by atoms with Crippen LogP contribution in [-0.2, 0) is 9.53 Å². The maximum atomic E-state index is 13.1. The Hall–Kier alpha value is -1.76. The molecule has 1 N–H and O–H groups in total. The number of nitrogens with zero attached hydrogens (tertiary/aromatic N) is 2. The number of thiazole rings is 1. The molecule has 1 aliphatic heterocycles. The van der Waals surface area contributed by atoms with Gasteiger partial charge in [0.05, 0.1) is 29.8 Å². The van der Waals surface area contributed by atoms with E-state index in [-0.39, 0.29) is 18.0 Å². The van der Waals surface area contributed by atoms with Crippen molar-refractivity contribution in [1.29, 1.82) is 0 Å². The van der Waals surface area contributed by atoms with Gasteiger partial charge in [0.1, 0.15) is 11.0 Å². The van der Waals surface area contributed by atoms with Crippen LogP contribution in [0, 0.1) is 13.8 Å². The minimum absolute atomic E-state index is 0.0634. The molecule has 1 aliphatic carbocycles. The van der Waals surface area contributed by atoms with Crippen molar-refractivity contribution in [2.75, 3.05) is 19.8 Å². The molecule has 2 heterocycles. The third-order valence-corrected chi connectivity index (χ3v) is 7.54. The first-order chi connectivity index (χ1) is 14.0. The van der Waals surface area contributed by atoms with Crippen LogP contribution in [0.3, 0.4) is 0 Å². The Morgan fingerprint density at radius 1 is 1.24 bits per heavy atom. The van der Waals surface area contributed by atoms with Crippen LogP contribution < -0.4 is 5.32 Å². The van der Waals surface area contributed by atoms with Crippen molar-refractivity contribution in [1.82, 2.24) is 15.2 Å².